The molecule has 16 heavy (non-hydrogen) atoms. The van der Waals surface area contributed by atoms with E-state index in [1.165, 1.54) is 0 Å². The van der Waals surface area contributed by atoms with Gasteiger partial charge in [-0.3, -0.25) is 0 Å². The van der Waals surface area contributed by atoms with Crippen molar-refractivity contribution in [2.75, 3.05) is 26.4 Å². The van der Waals surface area contributed by atoms with Gasteiger partial charge in [0.1, 0.15) is 18.3 Å². The van der Waals surface area contributed by atoms with Crippen molar-refractivity contribution in [1.29, 1.82) is 0 Å². The molecule has 3 aliphatic rings. The van der Waals surface area contributed by atoms with E-state index in [0.29, 0.717) is 18.6 Å². The molecule has 0 radical (unpaired) electrons. The predicted molar refractivity (Wildman–Crippen MR) is 52.6 cm³/mol. The van der Waals surface area contributed by atoms with E-state index in [4.69, 9.17) is 24.4 Å². The van der Waals surface area contributed by atoms with Crippen LogP contribution in [0.4, 0.5) is 0 Å². The minimum atomic E-state index is -1.78. The third-order valence-corrected chi connectivity index (χ3v) is 2.46. The lowest BCUT2D eigenvalue weighted by Crippen LogP contribution is -2.10. The molecule has 0 amide bonds. The maximum atomic E-state index is 8.43. The summed E-state index contributed by atoms with van der Waals surface area (Å²) in [4.78, 5) is 0. The Kier molecular flexibility index (Phi) is 3.78. The molecule has 3 fully saturated rings. The van der Waals surface area contributed by atoms with Crippen molar-refractivity contribution in [2.45, 2.75) is 37.6 Å². The normalized spacial score (nSPS) is 37.3. The average molecular weight is 234 g/mol. The summed E-state index contributed by atoms with van der Waals surface area (Å²) in [6, 6.07) is 0. The van der Waals surface area contributed by atoms with Crippen molar-refractivity contribution in [1.82, 2.24) is 0 Å². The summed E-state index contributed by atoms with van der Waals surface area (Å²) in [5.74, 6) is -1.78. The maximum absolute atomic E-state index is 8.43. The fourth-order valence-electron chi connectivity index (χ4n) is 1.18. The largest absolute Gasteiger partial charge is 0.376 e. The van der Waals surface area contributed by atoms with Gasteiger partial charge in [-0.25, -0.2) is 0 Å². The van der Waals surface area contributed by atoms with Crippen LogP contribution in [0, 0.1) is 0 Å². The summed E-state index contributed by atoms with van der Waals surface area (Å²) in [7, 11) is 0. The third kappa shape index (κ3) is 4.32. The second kappa shape index (κ2) is 4.95. The van der Waals surface area contributed by atoms with Crippen LogP contribution in [-0.2, 0) is 18.9 Å². The van der Waals surface area contributed by atoms with Gasteiger partial charge < -0.3 is 29.2 Å². The lowest BCUT2D eigenvalue weighted by atomic mass is 10.3. The minimum Gasteiger partial charge on any atom is -0.376 e. The van der Waals surface area contributed by atoms with Gasteiger partial charge in [-0.15, -0.1) is 0 Å². The molecule has 3 aliphatic heterocycles. The molecule has 3 rings (SSSR count). The van der Waals surface area contributed by atoms with Gasteiger partial charge in [-0.05, 0) is 6.42 Å². The Morgan fingerprint density at radius 2 is 1.62 bits per heavy atom. The second-order valence-corrected chi connectivity index (χ2v) is 4.12. The second-order valence-electron chi connectivity index (χ2n) is 4.12. The van der Waals surface area contributed by atoms with Gasteiger partial charge in [-0.2, -0.15) is 0 Å². The minimum absolute atomic E-state index is 0.340. The number of aliphatic hydroxyl groups is 2. The fourth-order valence-corrected chi connectivity index (χ4v) is 1.18. The molecule has 0 aromatic heterocycles. The Bertz CT molecular complexity index is 211. The van der Waals surface area contributed by atoms with Crippen LogP contribution < -0.4 is 0 Å². The molecule has 3 saturated heterocycles. The van der Waals surface area contributed by atoms with E-state index >= 15 is 0 Å². The SMILES string of the molecule is C(OCC1CO1)C1CO1.CCC1OC1(O)O. The van der Waals surface area contributed by atoms with Gasteiger partial charge in [0.15, 0.2) is 0 Å². The van der Waals surface area contributed by atoms with Gasteiger partial charge in [0.25, 0.3) is 0 Å². The first-order chi connectivity index (χ1) is 7.62. The lowest BCUT2D eigenvalue weighted by molar-refractivity contribution is -0.150. The average Bonchev–Trinajstić information content (AvgIpc) is 3.05. The molecule has 0 aromatic rings. The van der Waals surface area contributed by atoms with Crippen molar-refractivity contribution >= 4 is 0 Å². The fraction of sp³-hybridized carbons (Fsp3) is 1.00. The van der Waals surface area contributed by atoms with Gasteiger partial charge in [0.2, 0.25) is 0 Å². The van der Waals surface area contributed by atoms with E-state index in [0.717, 1.165) is 26.4 Å². The van der Waals surface area contributed by atoms with Gasteiger partial charge in [0, 0.05) is 0 Å². The third-order valence-electron chi connectivity index (χ3n) is 2.46. The summed E-state index contributed by atoms with van der Waals surface area (Å²) in [5.41, 5.74) is 0. The highest BCUT2D eigenvalue weighted by Gasteiger charge is 2.53. The zero-order valence-corrected chi connectivity index (χ0v) is 9.30. The molecular weight excluding hydrogens is 216 g/mol. The number of ether oxygens (including phenoxy) is 4. The smallest absolute Gasteiger partial charge is 0.306 e. The molecule has 0 aromatic carbocycles. The first-order valence-electron chi connectivity index (χ1n) is 5.55. The van der Waals surface area contributed by atoms with Crippen LogP contribution in [0.25, 0.3) is 0 Å². The molecular formula is C10H18O6. The summed E-state index contributed by atoms with van der Waals surface area (Å²) < 4.78 is 19.5. The molecule has 3 atom stereocenters. The van der Waals surface area contributed by atoms with Gasteiger partial charge >= 0.3 is 5.97 Å². The first kappa shape index (κ1) is 12.2. The van der Waals surface area contributed by atoms with Gasteiger partial charge in [0.05, 0.1) is 26.4 Å². The van der Waals surface area contributed by atoms with E-state index in [9.17, 15) is 0 Å². The Labute approximate surface area is 94.1 Å². The van der Waals surface area contributed by atoms with Crippen LogP contribution in [0.15, 0.2) is 0 Å². The molecule has 6 heteroatoms. The molecule has 0 saturated carbocycles. The van der Waals surface area contributed by atoms with Crippen molar-refractivity contribution in [2.24, 2.45) is 0 Å². The Morgan fingerprint density at radius 1 is 1.19 bits per heavy atom. The highest BCUT2D eigenvalue weighted by Crippen LogP contribution is 2.32. The van der Waals surface area contributed by atoms with E-state index in [1.54, 1.807) is 0 Å². The summed E-state index contributed by atoms with van der Waals surface area (Å²) >= 11 is 0. The lowest BCUT2D eigenvalue weighted by Gasteiger charge is -1.95. The molecule has 6 nitrogen and oxygen atoms in total. The molecule has 0 aliphatic carbocycles. The highest BCUT2D eigenvalue weighted by molar-refractivity contribution is 4.79. The number of rotatable bonds is 5. The summed E-state index contributed by atoms with van der Waals surface area (Å²) in [5, 5.41) is 16.9. The molecule has 2 N–H and O–H groups in total. The quantitative estimate of drug-likeness (QED) is 0.480. The zero-order valence-electron chi connectivity index (χ0n) is 9.30. The van der Waals surface area contributed by atoms with Gasteiger partial charge in [-0.1, -0.05) is 6.92 Å². The van der Waals surface area contributed by atoms with Crippen molar-refractivity contribution in [3.05, 3.63) is 0 Å². The number of epoxide rings is 3. The van der Waals surface area contributed by atoms with Crippen LogP contribution in [0.2, 0.25) is 0 Å². The van der Waals surface area contributed by atoms with Crippen molar-refractivity contribution in [3.63, 3.8) is 0 Å². The zero-order chi connectivity index (χ0) is 11.6. The van der Waals surface area contributed by atoms with Crippen LogP contribution >= 0.6 is 0 Å². The van der Waals surface area contributed by atoms with E-state index in [2.05, 4.69) is 4.74 Å². The first-order valence-corrected chi connectivity index (χ1v) is 5.55. The summed E-state index contributed by atoms with van der Waals surface area (Å²) in [6.45, 7) is 5.09. The van der Waals surface area contributed by atoms with Crippen LogP contribution in [0.5, 0.6) is 0 Å². The molecule has 3 unspecified atom stereocenters. The van der Waals surface area contributed by atoms with Crippen molar-refractivity contribution in [3.8, 4) is 0 Å². The molecule has 94 valence electrons. The Balaban J connectivity index is 0.000000125. The van der Waals surface area contributed by atoms with Crippen molar-refractivity contribution < 1.29 is 29.2 Å². The molecule has 3 heterocycles. The molecule has 0 spiro atoms. The van der Waals surface area contributed by atoms with E-state index in [1.807, 2.05) is 6.92 Å². The molecule has 0 bridgehead atoms. The Morgan fingerprint density at radius 3 is 1.81 bits per heavy atom. The summed E-state index contributed by atoms with van der Waals surface area (Å²) in [6.07, 6.45) is 1.10. The van der Waals surface area contributed by atoms with Crippen LogP contribution in [0.1, 0.15) is 13.3 Å². The Hall–Kier alpha value is -0.240. The standard InChI is InChI=1S/C6H10O3.C4H8O3/c1(5-3-8-5)7-2-6-4-9-6;1-2-3-4(5,6)7-3/h5-6H,1-4H2;3,5-6H,2H2,1H3. The number of hydrogen-bond acceptors (Lipinski definition) is 6. The predicted octanol–water partition coefficient (Wildman–Crippen LogP) is -0.766. The van der Waals surface area contributed by atoms with Crippen LogP contribution in [-0.4, -0.2) is 60.9 Å². The van der Waals surface area contributed by atoms with Crippen LogP contribution in [0.3, 0.4) is 0 Å². The topological polar surface area (TPSA) is 87.3 Å². The highest BCUT2D eigenvalue weighted by atomic mass is 16.9. The van der Waals surface area contributed by atoms with E-state index in [-0.39, 0.29) is 6.10 Å². The monoisotopic (exact) mass is 234 g/mol. The van der Waals surface area contributed by atoms with E-state index < -0.39 is 5.97 Å². The number of hydrogen-bond donors (Lipinski definition) is 2. The maximum Gasteiger partial charge on any atom is 0.306 e.